The lowest BCUT2D eigenvalue weighted by molar-refractivity contribution is -0.0447. The van der Waals surface area contributed by atoms with Gasteiger partial charge in [0, 0.05) is 18.7 Å². The van der Waals surface area contributed by atoms with E-state index in [1.807, 2.05) is 13.8 Å². The zero-order valence-corrected chi connectivity index (χ0v) is 15.9. The minimum absolute atomic E-state index is 0.142. The molecule has 3 aromatic rings. The highest BCUT2D eigenvalue weighted by atomic mass is 16.5. The van der Waals surface area contributed by atoms with Crippen molar-refractivity contribution < 1.29 is 19.7 Å². The summed E-state index contributed by atoms with van der Waals surface area (Å²) in [4.78, 5) is 25.0. The number of nitrogens with one attached hydrogen (secondary N) is 1. The molecule has 1 aliphatic heterocycles. The highest BCUT2D eigenvalue weighted by molar-refractivity contribution is 5.93. The molecule has 4 heterocycles. The summed E-state index contributed by atoms with van der Waals surface area (Å²) in [7, 11) is 0. The Kier molecular flexibility index (Phi) is 4.90. The summed E-state index contributed by atoms with van der Waals surface area (Å²) in [6.07, 6.45) is 2.32. The molecular weight excluding hydrogens is 380 g/mol. The van der Waals surface area contributed by atoms with Crippen molar-refractivity contribution >= 4 is 22.9 Å². The first-order valence-electron chi connectivity index (χ1n) is 9.22. The summed E-state index contributed by atoms with van der Waals surface area (Å²) < 4.78 is 8.78. The Morgan fingerprint density at radius 2 is 2.21 bits per heavy atom. The molecule has 12 nitrogen and oxygen atoms in total. The summed E-state index contributed by atoms with van der Waals surface area (Å²) in [6, 6.07) is 0. The maximum Gasteiger partial charge on any atom is 0.254 e. The number of imidazole rings is 1. The van der Waals surface area contributed by atoms with E-state index < -0.39 is 18.4 Å². The molecule has 1 unspecified atom stereocenters. The van der Waals surface area contributed by atoms with Gasteiger partial charge < -0.3 is 26.0 Å². The predicted molar refractivity (Wildman–Crippen MR) is 101 cm³/mol. The van der Waals surface area contributed by atoms with Gasteiger partial charge in [0.1, 0.15) is 17.8 Å². The number of carbonyl (C=O) groups is 1. The zero-order chi connectivity index (χ0) is 20.7. The van der Waals surface area contributed by atoms with E-state index in [9.17, 15) is 15.0 Å². The molecule has 4 rings (SSSR count). The van der Waals surface area contributed by atoms with Crippen LogP contribution in [0.1, 0.15) is 30.4 Å². The van der Waals surface area contributed by atoms with Gasteiger partial charge in [0.05, 0.1) is 30.8 Å². The fourth-order valence-corrected chi connectivity index (χ4v) is 3.39. The van der Waals surface area contributed by atoms with Gasteiger partial charge in [-0.25, -0.2) is 9.67 Å². The molecule has 0 aliphatic carbocycles. The quantitative estimate of drug-likeness (QED) is 0.428. The molecule has 0 spiro atoms. The lowest BCUT2D eigenvalue weighted by Gasteiger charge is -2.17. The molecule has 0 aromatic carbocycles. The Hall–Kier alpha value is -3.09. The van der Waals surface area contributed by atoms with Gasteiger partial charge in [0.2, 0.25) is 0 Å². The van der Waals surface area contributed by atoms with E-state index >= 15 is 0 Å². The van der Waals surface area contributed by atoms with E-state index in [1.165, 1.54) is 23.4 Å². The number of amides is 1. The van der Waals surface area contributed by atoms with Crippen molar-refractivity contribution in [2.45, 2.75) is 32.3 Å². The largest absolute Gasteiger partial charge is 0.394 e. The maximum absolute atomic E-state index is 12.0. The molecule has 4 atom stereocenters. The van der Waals surface area contributed by atoms with Gasteiger partial charge in [0.15, 0.2) is 11.5 Å². The van der Waals surface area contributed by atoms with Crippen molar-refractivity contribution in [1.82, 2.24) is 34.6 Å². The normalized spacial score (nSPS) is 24.3. The summed E-state index contributed by atoms with van der Waals surface area (Å²) >= 11 is 0. The van der Waals surface area contributed by atoms with Gasteiger partial charge in [-0.05, 0) is 6.92 Å². The number of ether oxygens (including phenoxy) is 1. The summed E-state index contributed by atoms with van der Waals surface area (Å²) in [6.45, 7) is 3.84. The van der Waals surface area contributed by atoms with E-state index in [-0.39, 0.29) is 30.2 Å². The molecule has 3 aromatic heterocycles. The number of rotatable bonds is 5. The fourth-order valence-electron chi connectivity index (χ4n) is 3.39. The molecule has 0 saturated carbocycles. The third kappa shape index (κ3) is 3.20. The van der Waals surface area contributed by atoms with Gasteiger partial charge >= 0.3 is 0 Å². The van der Waals surface area contributed by atoms with Crippen LogP contribution in [0, 0.1) is 5.92 Å². The van der Waals surface area contributed by atoms with E-state index in [1.54, 1.807) is 4.57 Å². The second-order valence-corrected chi connectivity index (χ2v) is 6.86. The average molecular weight is 402 g/mol. The number of aromatic nitrogens is 6. The lowest BCUT2D eigenvalue weighted by Crippen LogP contribution is -2.28. The molecule has 154 valence electrons. The van der Waals surface area contributed by atoms with Crippen LogP contribution in [-0.2, 0) is 4.74 Å². The Morgan fingerprint density at radius 1 is 1.41 bits per heavy atom. The Labute approximate surface area is 165 Å². The second kappa shape index (κ2) is 7.39. The Bertz CT molecular complexity index is 1050. The van der Waals surface area contributed by atoms with Gasteiger partial charge in [-0.2, -0.15) is 15.1 Å². The first-order chi connectivity index (χ1) is 13.9. The number of nitrogens with two attached hydrogens (primary N) is 1. The van der Waals surface area contributed by atoms with Crippen LogP contribution in [0.5, 0.6) is 0 Å². The first-order valence-corrected chi connectivity index (χ1v) is 9.22. The molecule has 29 heavy (non-hydrogen) atoms. The van der Waals surface area contributed by atoms with Crippen LogP contribution in [0.3, 0.4) is 0 Å². The van der Waals surface area contributed by atoms with Gasteiger partial charge in [-0.3, -0.25) is 9.36 Å². The van der Waals surface area contributed by atoms with Crippen molar-refractivity contribution in [3.8, 4) is 5.95 Å². The molecule has 1 saturated heterocycles. The minimum Gasteiger partial charge on any atom is -0.394 e. The molecule has 12 heteroatoms. The number of aliphatic hydroxyl groups is 2. The number of hydrogen-bond donors (Lipinski definition) is 4. The molecule has 1 amide bonds. The van der Waals surface area contributed by atoms with Crippen LogP contribution in [-0.4, -0.2) is 70.8 Å². The van der Waals surface area contributed by atoms with Crippen LogP contribution >= 0.6 is 0 Å². The Morgan fingerprint density at radius 3 is 2.90 bits per heavy atom. The minimum atomic E-state index is -0.827. The highest BCUT2D eigenvalue weighted by Gasteiger charge is 2.42. The van der Waals surface area contributed by atoms with Crippen molar-refractivity contribution in [3.05, 3.63) is 24.3 Å². The van der Waals surface area contributed by atoms with Crippen molar-refractivity contribution in [1.29, 1.82) is 0 Å². The highest BCUT2D eigenvalue weighted by Crippen LogP contribution is 2.36. The fraction of sp³-hybridized carbons (Fsp3) is 0.471. The standard InChI is InChI=1S/C17H22N8O4/c1-3-19-15(28)9-4-21-25(5-9)17-22-13(18)11-14(23-17)24(7-20-11)16-8(2)12(27)10(6-26)29-16/h4-5,7-8,10,12,16,26-27H,3,6H2,1-2H3,(H,19,28)(H2,18,22,23)/t8-,10-,12+,16?/m1/s1. The molecule has 0 bridgehead atoms. The van der Waals surface area contributed by atoms with Crippen LogP contribution < -0.4 is 11.1 Å². The van der Waals surface area contributed by atoms with Gasteiger partial charge in [-0.1, -0.05) is 6.92 Å². The number of hydrogen-bond acceptors (Lipinski definition) is 9. The SMILES string of the molecule is CCNC(=O)c1cnn(-c2nc(N)c3ncn(C4O[C@H](CO)[C@@H](O)[C@H]4C)c3n2)c1. The topological polar surface area (TPSA) is 166 Å². The van der Waals surface area contributed by atoms with Gasteiger partial charge in [-0.15, -0.1) is 0 Å². The predicted octanol–water partition coefficient (Wildman–Crippen LogP) is -0.769. The van der Waals surface area contributed by atoms with Crippen molar-refractivity contribution in [2.75, 3.05) is 18.9 Å². The average Bonchev–Trinajstić information content (AvgIpc) is 3.41. The van der Waals surface area contributed by atoms with Crippen LogP contribution in [0.4, 0.5) is 5.82 Å². The third-order valence-corrected chi connectivity index (χ3v) is 4.96. The number of nitrogens with zero attached hydrogens (tertiary/aromatic N) is 6. The van der Waals surface area contributed by atoms with Crippen LogP contribution in [0.25, 0.3) is 17.1 Å². The number of nitrogen functional groups attached to an aromatic ring is 1. The van der Waals surface area contributed by atoms with Crippen LogP contribution in [0.15, 0.2) is 18.7 Å². The second-order valence-electron chi connectivity index (χ2n) is 6.86. The molecule has 1 aliphatic rings. The number of anilines is 1. The summed E-state index contributed by atoms with van der Waals surface area (Å²) in [5, 5.41) is 26.5. The summed E-state index contributed by atoms with van der Waals surface area (Å²) in [5.41, 5.74) is 7.19. The number of aliphatic hydroxyl groups excluding tert-OH is 2. The third-order valence-electron chi connectivity index (χ3n) is 4.96. The number of carbonyl (C=O) groups excluding carboxylic acids is 1. The molecule has 0 radical (unpaired) electrons. The molecule has 1 fully saturated rings. The van der Waals surface area contributed by atoms with Gasteiger partial charge in [0.25, 0.3) is 11.9 Å². The van der Waals surface area contributed by atoms with E-state index in [4.69, 9.17) is 10.5 Å². The zero-order valence-electron chi connectivity index (χ0n) is 15.9. The van der Waals surface area contributed by atoms with Crippen LogP contribution in [0.2, 0.25) is 0 Å². The van der Waals surface area contributed by atoms with E-state index in [0.29, 0.717) is 23.3 Å². The number of fused-ring (bicyclic) bond motifs is 1. The lowest BCUT2D eigenvalue weighted by atomic mass is 10.0. The molecule has 5 N–H and O–H groups in total. The first kappa shape index (κ1) is 19.2. The monoisotopic (exact) mass is 402 g/mol. The summed E-state index contributed by atoms with van der Waals surface area (Å²) in [5.74, 6) is -0.255. The smallest absolute Gasteiger partial charge is 0.254 e. The molecular formula is C17H22N8O4. The van der Waals surface area contributed by atoms with E-state index in [0.717, 1.165) is 0 Å². The van der Waals surface area contributed by atoms with E-state index in [2.05, 4.69) is 25.4 Å². The maximum atomic E-state index is 12.0. The van der Waals surface area contributed by atoms with Crippen molar-refractivity contribution in [3.63, 3.8) is 0 Å². The van der Waals surface area contributed by atoms with Crippen molar-refractivity contribution in [2.24, 2.45) is 5.92 Å². The Balaban J connectivity index is 1.74.